The van der Waals surface area contributed by atoms with Gasteiger partial charge in [0, 0.05) is 52.7 Å². The van der Waals surface area contributed by atoms with E-state index in [1.807, 2.05) is 45.9 Å². The van der Waals surface area contributed by atoms with Gasteiger partial charge in [0.05, 0.1) is 5.56 Å². The number of carbonyl (C=O) groups is 2. The Labute approximate surface area is 196 Å². The van der Waals surface area contributed by atoms with Gasteiger partial charge in [0.15, 0.2) is 0 Å². The largest absolute Gasteiger partial charge is 0.478 e. The van der Waals surface area contributed by atoms with Crippen LogP contribution < -0.4 is 0 Å². The number of hydrogen-bond donors (Lipinski definition) is 3. The number of carboxylic acids is 1. The Kier molecular flexibility index (Phi) is 53.3. The minimum atomic E-state index is -0.879. The van der Waals surface area contributed by atoms with Crippen LogP contribution in [0.25, 0.3) is 0 Å². The van der Waals surface area contributed by atoms with Crippen molar-refractivity contribution in [2.45, 2.75) is 35.1 Å². The fourth-order valence-electron chi connectivity index (χ4n) is 1.20. The van der Waals surface area contributed by atoms with Gasteiger partial charge < -0.3 is 20.1 Å². The van der Waals surface area contributed by atoms with Crippen molar-refractivity contribution in [3.8, 4) is 0 Å². The van der Waals surface area contributed by atoms with E-state index in [2.05, 4.69) is 6.92 Å². The zero-order valence-electron chi connectivity index (χ0n) is 17.2. The van der Waals surface area contributed by atoms with Gasteiger partial charge in [0.25, 0.3) is 0 Å². The van der Waals surface area contributed by atoms with E-state index < -0.39 is 5.97 Å². The first-order valence-corrected chi connectivity index (χ1v) is 8.20. The second-order valence-corrected chi connectivity index (χ2v) is 3.46. The third-order valence-electron chi connectivity index (χ3n) is 2.12. The van der Waals surface area contributed by atoms with Gasteiger partial charge in [0.1, 0.15) is 0 Å². The molecule has 28 heavy (non-hydrogen) atoms. The molecule has 2 rings (SSSR count). The number of hydrogen-bond acceptors (Lipinski definition) is 4. The topological polar surface area (TPSA) is 94.8 Å². The van der Waals surface area contributed by atoms with Gasteiger partial charge in [-0.15, -0.1) is 17.7 Å². The van der Waals surface area contributed by atoms with E-state index >= 15 is 0 Å². The number of aromatic carboxylic acids is 1. The summed E-state index contributed by atoms with van der Waals surface area (Å²) in [6, 6.07) is 17.3. The molecule has 0 fully saturated rings. The molecule has 0 unspecified atom stereocenters. The Hall–Kier alpha value is -1.53. The molecule has 1 radical (unpaired) electrons. The summed E-state index contributed by atoms with van der Waals surface area (Å²) in [5.41, 5.74) is 0.995. The Morgan fingerprint density at radius 3 is 1.07 bits per heavy atom. The average Bonchev–Trinajstić information content (AvgIpc) is 2.75. The van der Waals surface area contributed by atoms with E-state index in [-0.39, 0.29) is 45.9 Å². The molecular formula is C22H37O5Y-. The molecule has 0 saturated heterocycles. The summed E-state index contributed by atoms with van der Waals surface area (Å²) < 4.78 is 0. The molecule has 0 bridgehead atoms. The molecule has 3 N–H and O–H groups in total. The number of rotatable bonds is 2. The molecule has 0 aromatic heterocycles. The van der Waals surface area contributed by atoms with Crippen molar-refractivity contribution in [3.63, 3.8) is 0 Å². The fourth-order valence-corrected chi connectivity index (χ4v) is 1.20. The second kappa shape index (κ2) is 36.4. The number of benzene rings is 2. The summed E-state index contributed by atoms with van der Waals surface area (Å²) in [5, 5.41) is 22.4. The van der Waals surface area contributed by atoms with Crippen LogP contribution in [0.3, 0.4) is 0 Å². The van der Waals surface area contributed by atoms with Crippen LogP contribution in [0.15, 0.2) is 60.7 Å². The van der Waals surface area contributed by atoms with Gasteiger partial charge in [-0.05, 0) is 12.1 Å². The van der Waals surface area contributed by atoms with Crippen LogP contribution in [0.2, 0.25) is 0 Å². The summed E-state index contributed by atoms with van der Waals surface area (Å²) in [7, 11) is 2.00. The number of carboxylic acid groups (broad SMARTS) is 1. The molecular weight excluding hydrogens is 433 g/mol. The molecule has 0 spiro atoms. The number of carbonyl (C=O) groups excluding carboxylic acids is 1. The second-order valence-electron chi connectivity index (χ2n) is 3.46. The summed E-state index contributed by atoms with van der Waals surface area (Å²) in [6.45, 7) is 11.3. The number of ketones is 1. The maximum atomic E-state index is 10.5. The SMILES string of the molecule is C.CC.CC.CO.CO.O=C(O)c1ccccc1.[CH2-]C(=O)c1ccccc1.[Y]. The molecule has 0 saturated carbocycles. The summed E-state index contributed by atoms with van der Waals surface area (Å²) in [4.78, 5) is 20.7. The predicted octanol–water partition coefficient (Wildman–Crippen LogP) is 4.99. The Bertz CT molecular complexity index is 467. The van der Waals surface area contributed by atoms with E-state index in [1.54, 1.807) is 42.5 Å². The maximum Gasteiger partial charge on any atom is 0.335 e. The molecule has 2 aromatic carbocycles. The van der Waals surface area contributed by atoms with Gasteiger partial charge >= 0.3 is 5.97 Å². The Morgan fingerprint density at radius 1 is 0.679 bits per heavy atom. The van der Waals surface area contributed by atoms with Gasteiger partial charge in [-0.2, -0.15) is 6.92 Å². The zero-order chi connectivity index (χ0) is 21.4. The van der Waals surface area contributed by atoms with Gasteiger partial charge in [-0.1, -0.05) is 71.5 Å². The molecule has 0 atom stereocenters. The van der Waals surface area contributed by atoms with Crippen molar-refractivity contribution in [1.29, 1.82) is 0 Å². The van der Waals surface area contributed by atoms with Crippen LogP contribution in [-0.2, 0) is 32.7 Å². The molecule has 2 aromatic rings. The van der Waals surface area contributed by atoms with Gasteiger partial charge in [-0.3, -0.25) is 0 Å². The zero-order valence-corrected chi connectivity index (χ0v) is 20.1. The fraction of sp³-hybridized carbons (Fsp3) is 0.318. The van der Waals surface area contributed by atoms with Crippen LogP contribution in [0.1, 0.15) is 55.8 Å². The summed E-state index contributed by atoms with van der Waals surface area (Å²) >= 11 is 0. The first-order valence-electron chi connectivity index (χ1n) is 8.20. The molecule has 5 nitrogen and oxygen atoms in total. The first kappa shape index (κ1) is 41.0. The van der Waals surface area contributed by atoms with Crippen molar-refractivity contribution in [2.24, 2.45) is 0 Å². The third kappa shape index (κ3) is 26.7. The predicted molar refractivity (Wildman–Crippen MR) is 115 cm³/mol. The smallest absolute Gasteiger partial charge is 0.335 e. The van der Waals surface area contributed by atoms with Crippen LogP contribution in [0.5, 0.6) is 0 Å². The summed E-state index contributed by atoms with van der Waals surface area (Å²) in [5.74, 6) is -1.01. The van der Waals surface area contributed by atoms with Crippen molar-refractivity contribution in [1.82, 2.24) is 0 Å². The van der Waals surface area contributed by atoms with Crippen molar-refractivity contribution in [2.75, 3.05) is 14.2 Å². The number of Topliss-reactive ketones (excluding diaryl/α,β-unsaturated/α-hetero) is 1. The molecule has 159 valence electrons. The molecule has 0 aliphatic heterocycles. The molecule has 0 aliphatic carbocycles. The van der Waals surface area contributed by atoms with E-state index in [0.29, 0.717) is 11.1 Å². The van der Waals surface area contributed by atoms with E-state index in [0.717, 1.165) is 14.2 Å². The Balaban J connectivity index is -0.0000000606. The Morgan fingerprint density at radius 2 is 0.929 bits per heavy atom. The number of aliphatic hydroxyl groups is 2. The monoisotopic (exact) mass is 470 g/mol. The van der Waals surface area contributed by atoms with Crippen molar-refractivity contribution < 1.29 is 57.6 Å². The van der Waals surface area contributed by atoms with Gasteiger partial charge in [0.2, 0.25) is 0 Å². The minimum absolute atomic E-state index is 0. The van der Waals surface area contributed by atoms with Crippen LogP contribution in [0.4, 0.5) is 0 Å². The minimum Gasteiger partial charge on any atom is -0.478 e. The average molecular weight is 470 g/mol. The van der Waals surface area contributed by atoms with Crippen LogP contribution >= 0.6 is 0 Å². The number of aliphatic hydroxyl groups excluding tert-OH is 2. The standard InChI is InChI=1S/C8H7O.C7H6O2.2C2H6.2CH4O.CH4.Y/c1-7(9)8-5-3-2-4-6-8;8-7(9)6-4-2-1-3-5-6;4*1-2;;/h2-6H,1H2;1-5H,(H,8,9);2*1-2H3;2*2H,1H3;1H4;/q-1;;;;;;;. The third-order valence-corrected chi connectivity index (χ3v) is 2.12. The molecule has 0 heterocycles. The molecule has 0 amide bonds. The van der Waals surface area contributed by atoms with E-state index in [9.17, 15) is 9.59 Å². The van der Waals surface area contributed by atoms with Crippen molar-refractivity contribution in [3.05, 3.63) is 78.7 Å². The van der Waals surface area contributed by atoms with Crippen molar-refractivity contribution >= 4 is 11.8 Å². The van der Waals surface area contributed by atoms with E-state index in [4.69, 9.17) is 15.3 Å². The van der Waals surface area contributed by atoms with Crippen LogP contribution in [-0.4, -0.2) is 41.3 Å². The summed E-state index contributed by atoms with van der Waals surface area (Å²) in [6.07, 6.45) is 0. The van der Waals surface area contributed by atoms with Crippen LogP contribution in [0, 0.1) is 6.92 Å². The van der Waals surface area contributed by atoms with Gasteiger partial charge in [-0.25, -0.2) is 4.79 Å². The normalized spacial score (nSPS) is 6.57. The first-order chi connectivity index (χ1) is 12.6. The quantitative estimate of drug-likeness (QED) is 0.425. The maximum absolute atomic E-state index is 10.5. The van der Waals surface area contributed by atoms with E-state index in [1.165, 1.54) is 0 Å². The molecule has 0 aliphatic rings. The molecule has 6 heteroatoms.